The van der Waals surface area contributed by atoms with Crippen molar-refractivity contribution < 1.29 is 9.53 Å². The molecule has 0 saturated heterocycles. The largest absolute Gasteiger partial charge is 0.465 e. The van der Waals surface area contributed by atoms with E-state index in [9.17, 15) is 4.79 Å². The van der Waals surface area contributed by atoms with E-state index in [4.69, 9.17) is 27.9 Å². The average Bonchev–Trinajstić information content (AvgIpc) is 3.13. The zero-order chi connectivity index (χ0) is 18.4. The number of esters is 1. The minimum absolute atomic E-state index is 0.101. The molecular formula is C21H19Cl2NO2. The zero-order valence-corrected chi connectivity index (χ0v) is 16.1. The van der Waals surface area contributed by atoms with Crippen molar-refractivity contribution in [2.75, 3.05) is 12.4 Å². The highest BCUT2D eigenvalue weighted by atomic mass is 35.5. The molecule has 2 aromatic carbocycles. The molecule has 2 aliphatic rings. The van der Waals surface area contributed by atoms with Gasteiger partial charge in [-0.2, -0.15) is 0 Å². The molecule has 1 N–H and O–H groups in total. The molecule has 0 saturated carbocycles. The third-order valence-electron chi connectivity index (χ3n) is 5.51. The number of methoxy groups -OCH3 is 1. The number of fused-ring (bicyclic) bond motifs is 3. The first kappa shape index (κ1) is 17.4. The number of halogens is 2. The Kier molecular flexibility index (Phi) is 4.45. The summed E-state index contributed by atoms with van der Waals surface area (Å²) in [4.78, 5) is 12.1. The first-order chi connectivity index (χ1) is 12.5. The first-order valence-corrected chi connectivity index (χ1v) is 9.36. The Balaban J connectivity index is 1.82. The van der Waals surface area contributed by atoms with Gasteiger partial charge in [0.2, 0.25) is 0 Å². The fraction of sp³-hybridized carbons (Fsp3) is 0.286. The summed E-state index contributed by atoms with van der Waals surface area (Å²) in [6, 6.07) is 9.80. The number of hydrogen-bond acceptors (Lipinski definition) is 3. The summed E-state index contributed by atoms with van der Waals surface area (Å²) in [5.74, 6) is 0.404. The minimum atomic E-state index is -0.317. The van der Waals surface area contributed by atoms with Crippen LogP contribution < -0.4 is 5.32 Å². The van der Waals surface area contributed by atoms with E-state index in [1.54, 1.807) is 0 Å². The predicted octanol–water partition coefficient (Wildman–Crippen LogP) is 5.91. The van der Waals surface area contributed by atoms with Crippen molar-refractivity contribution in [1.29, 1.82) is 0 Å². The van der Waals surface area contributed by atoms with Crippen molar-refractivity contribution in [2.24, 2.45) is 5.92 Å². The Morgan fingerprint density at radius 1 is 1.19 bits per heavy atom. The van der Waals surface area contributed by atoms with Crippen LogP contribution in [0.4, 0.5) is 5.69 Å². The Bertz CT molecular complexity index is 922. The summed E-state index contributed by atoms with van der Waals surface area (Å²) in [6.07, 6.45) is 5.51. The van der Waals surface area contributed by atoms with Crippen molar-refractivity contribution in [2.45, 2.75) is 25.3 Å². The molecule has 0 fully saturated rings. The van der Waals surface area contributed by atoms with Gasteiger partial charge in [-0.25, -0.2) is 4.79 Å². The van der Waals surface area contributed by atoms with Crippen LogP contribution in [0.25, 0.3) is 0 Å². The fourth-order valence-corrected chi connectivity index (χ4v) is 4.49. The highest BCUT2D eigenvalue weighted by molar-refractivity contribution is 6.42. The van der Waals surface area contributed by atoms with Crippen LogP contribution in [0.2, 0.25) is 10.0 Å². The molecule has 0 amide bonds. The van der Waals surface area contributed by atoms with Gasteiger partial charge in [-0.3, -0.25) is 0 Å². The predicted molar refractivity (Wildman–Crippen MR) is 105 cm³/mol. The second-order valence-corrected chi connectivity index (χ2v) is 7.66. The van der Waals surface area contributed by atoms with Crippen molar-refractivity contribution >= 4 is 34.9 Å². The quantitative estimate of drug-likeness (QED) is 0.513. The number of carbonyl (C=O) groups excluding carboxylic acids is 1. The number of anilines is 1. The fourth-order valence-electron chi connectivity index (χ4n) is 4.18. The van der Waals surface area contributed by atoms with Crippen LogP contribution in [0.15, 0.2) is 42.5 Å². The first-order valence-electron chi connectivity index (χ1n) is 8.61. The lowest BCUT2D eigenvalue weighted by atomic mass is 9.76. The van der Waals surface area contributed by atoms with Crippen LogP contribution in [0.3, 0.4) is 0 Å². The molecule has 0 spiro atoms. The maximum absolute atomic E-state index is 12.1. The Hall–Kier alpha value is -1.97. The van der Waals surface area contributed by atoms with Crippen molar-refractivity contribution in [3.8, 4) is 0 Å². The van der Waals surface area contributed by atoms with Gasteiger partial charge in [-0.1, -0.05) is 47.5 Å². The molecule has 1 heterocycles. The monoisotopic (exact) mass is 387 g/mol. The number of ether oxygens (including phenoxy) is 1. The standard InChI is InChI=1S/C21H19Cl2NO2/c1-11-13(21(25)26-2)7-8-16-14-4-3-5-15(14)20(24-19(11)16)12-6-9-17(22)18(23)10-12/h3-4,6-10,14-15,20,24H,5H2,1-2H3/t14-,15-,20-/m1/s1. The average molecular weight is 388 g/mol. The second kappa shape index (κ2) is 6.64. The van der Waals surface area contributed by atoms with Gasteiger partial charge in [0.05, 0.1) is 28.8 Å². The lowest BCUT2D eigenvalue weighted by Crippen LogP contribution is -2.30. The van der Waals surface area contributed by atoms with E-state index in [1.807, 2.05) is 37.3 Å². The molecule has 0 radical (unpaired) electrons. The molecule has 26 heavy (non-hydrogen) atoms. The Morgan fingerprint density at radius 3 is 2.73 bits per heavy atom. The molecule has 4 rings (SSSR count). The number of rotatable bonds is 2. The number of nitrogens with one attached hydrogen (secondary N) is 1. The van der Waals surface area contributed by atoms with Gasteiger partial charge in [0.15, 0.2) is 0 Å². The summed E-state index contributed by atoms with van der Waals surface area (Å²) in [7, 11) is 1.41. The number of carbonyl (C=O) groups is 1. The maximum atomic E-state index is 12.1. The number of hydrogen-bond donors (Lipinski definition) is 1. The van der Waals surface area contributed by atoms with Gasteiger partial charge in [0, 0.05) is 11.6 Å². The van der Waals surface area contributed by atoms with Crippen molar-refractivity contribution in [3.05, 3.63) is 74.8 Å². The minimum Gasteiger partial charge on any atom is -0.465 e. The SMILES string of the molecule is COC(=O)c1ccc2c(c1C)N[C@H](c1ccc(Cl)c(Cl)c1)[C@@H]1CC=C[C@@H]21. The van der Waals surface area contributed by atoms with E-state index in [2.05, 4.69) is 17.5 Å². The van der Waals surface area contributed by atoms with Crippen LogP contribution >= 0.6 is 23.2 Å². The van der Waals surface area contributed by atoms with Gasteiger partial charge in [-0.15, -0.1) is 0 Å². The van der Waals surface area contributed by atoms with Gasteiger partial charge < -0.3 is 10.1 Å². The summed E-state index contributed by atoms with van der Waals surface area (Å²) in [5.41, 5.74) is 4.85. The topological polar surface area (TPSA) is 38.3 Å². The van der Waals surface area contributed by atoms with E-state index >= 15 is 0 Å². The van der Waals surface area contributed by atoms with Crippen molar-refractivity contribution in [1.82, 2.24) is 0 Å². The summed E-state index contributed by atoms with van der Waals surface area (Å²) < 4.78 is 4.92. The summed E-state index contributed by atoms with van der Waals surface area (Å²) in [5, 5.41) is 4.78. The van der Waals surface area contributed by atoms with E-state index in [0.29, 0.717) is 27.4 Å². The normalized spacial score (nSPS) is 23.2. The molecule has 134 valence electrons. The molecule has 3 atom stereocenters. The lowest BCUT2D eigenvalue weighted by Gasteiger charge is -2.38. The lowest BCUT2D eigenvalue weighted by molar-refractivity contribution is 0.0600. The van der Waals surface area contributed by atoms with E-state index < -0.39 is 0 Å². The zero-order valence-electron chi connectivity index (χ0n) is 14.6. The molecule has 1 aliphatic heterocycles. The van der Waals surface area contributed by atoms with Crippen LogP contribution in [-0.4, -0.2) is 13.1 Å². The van der Waals surface area contributed by atoms with E-state index in [0.717, 1.165) is 23.2 Å². The molecular weight excluding hydrogens is 369 g/mol. The highest BCUT2D eigenvalue weighted by Gasteiger charge is 2.39. The molecule has 0 unspecified atom stereocenters. The van der Waals surface area contributed by atoms with E-state index in [-0.39, 0.29) is 12.0 Å². The van der Waals surface area contributed by atoms with Crippen molar-refractivity contribution in [3.63, 3.8) is 0 Å². The number of benzene rings is 2. The molecule has 1 aliphatic carbocycles. The van der Waals surface area contributed by atoms with E-state index in [1.165, 1.54) is 12.7 Å². The van der Waals surface area contributed by atoms with Crippen LogP contribution in [0.5, 0.6) is 0 Å². The van der Waals surface area contributed by atoms with Crippen LogP contribution in [-0.2, 0) is 4.74 Å². The molecule has 0 bridgehead atoms. The third kappa shape index (κ3) is 2.70. The second-order valence-electron chi connectivity index (χ2n) is 6.84. The van der Waals surface area contributed by atoms with Gasteiger partial charge in [-0.05, 0) is 54.2 Å². The third-order valence-corrected chi connectivity index (χ3v) is 6.24. The molecule has 0 aromatic heterocycles. The highest BCUT2D eigenvalue weighted by Crippen LogP contribution is 2.51. The van der Waals surface area contributed by atoms with Gasteiger partial charge in [0.1, 0.15) is 0 Å². The summed E-state index contributed by atoms with van der Waals surface area (Å²) in [6.45, 7) is 1.96. The summed E-state index contributed by atoms with van der Waals surface area (Å²) >= 11 is 12.3. The van der Waals surface area contributed by atoms with Crippen LogP contribution in [0, 0.1) is 12.8 Å². The Morgan fingerprint density at radius 2 is 2.00 bits per heavy atom. The Labute approximate surface area is 163 Å². The van der Waals surface area contributed by atoms with Gasteiger partial charge >= 0.3 is 5.97 Å². The van der Waals surface area contributed by atoms with Gasteiger partial charge in [0.25, 0.3) is 0 Å². The molecule has 5 heteroatoms. The molecule has 2 aromatic rings. The smallest absolute Gasteiger partial charge is 0.338 e. The number of allylic oxidation sites excluding steroid dienone is 2. The van der Waals surface area contributed by atoms with Crippen LogP contribution in [0.1, 0.15) is 45.4 Å². The molecule has 3 nitrogen and oxygen atoms in total. The maximum Gasteiger partial charge on any atom is 0.338 e.